The highest BCUT2D eigenvalue weighted by Gasteiger charge is 2.34. The van der Waals surface area contributed by atoms with Gasteiger partial charge in [-0.1, -0.05) is 12.1 Å². The Morgan fingerprint density at radius 2 is 1.65 bits per heavy atom. The number of phenolic OH excluding ortho intramolecular Hbond substituents is 2. The maximum atomic E-state index is 12.5. The lowest BCUT2D eigenvalue weighted by Gasteiger charge is -2.20. The molecule has 2 N–H and O–H groups in total. The van der Waals surface area contributed by atoms with Crippen molar-refractivity contribution in [3.8, 4) is 17.2 Å². The van der Waals surface area contributed by atoms with E-state index < -0.39 is 17.3 Å². The molecule has 0 radical (unpaired) electrons. The van der Waals surface area contributed by atoms with Crippen LogP contribution in [-0.4, -0.2) is 28.9 Å². The number of benzene rings is 2. The van der Waals surface area contributed by atoms with Crippen LogP contribution in [0, 0.1) is 0 Å². The summed E-state index contributed by atoms with van der Waals surface area (Å²) < 4.78 is 5.11. The molecule has 0 heterocycles. The van der Waals surface area contributed by atoms with Gasteiger partial charge in [-0.15, -0.1) is 0 Å². The van der Waals surface area contributed by atoms with Gasteiger partial charge in [0.1, 0.15) is 17.2 Å². The van der Waals surface area contributed by atoms with Crippen LogP contribution in [0.5, 0.6) is 17.2 Å². The Hall–Kier alpha value is -2.82. The lowest BCUT2D eigenvalue weighted by Crippen LogP contribution is -2.21. The number of hydrogen-bond acceptors (Lipinski definition) is 5. The number of carbonyl (C=O) groups is 2. The van der Waals surface area contributed by atoms with E-state index in [4.69, 9.17) is 4.74 Å². The van der Waals surface area contributed by atoms with Crippen LogP contribution in [0.1, 0.15) is 31.8 Å². The van der Waals surface area contributed by atoms with Gasteiger partial charge >= 0.3 is 0 Å². The molecule has 1 aliphatic rings. The summed E-state index contributed by atoms with van der Waals surface area (Å²) in [6.45, 7) is 0. The Balaban J connectivity index is 2.37. The van der Waals surface area contributed by atoms with Gasteiger partial charge in [0.2, 0.25) is 0 Å². The molecule has 1 aliphatic carbocycles. The van der Waals surface area contributed by atoms with E-state index in [0.717, 1.165) is 6.07 Å². The molecule has 0 spiro atoms. The van der Waals surface area contributed by atoms with E-state index in [0.29, 0.717) is 0 Å². The summed E-state index contributed by atoms with van der Waals surface area (Å²) in [5, 5.41) is 19.3. The first-order valence-electron chi connectivity index (χ1n) is 5.87. The van der Waals surface area contributed by atoms with Crippen LogP contribution in [0.3, 0.4) is 0 Å². The summed E-state index contributed by atoms with van der Waals surface area (Å²) in [5.41, 5.74) is 0.221. The summed E-state index contributed by atoms with van der Waals surface area (Å²) in [5.74, 6) is -1.33. The topological polar surface area (TPSA) is 83.8 Å². The van der Waals surface area contributed by atoms with Gasteiger partial charge in [0.25, 0.3) is 0 Å². The molecule has 100 valence electrons. The molecule has 0 fully saturated rings. The van der Waals surface area contributed by atoms with Crippen molar-refractivity contribution in [1.29, 1.82) is 0 Å². The molecule has 20 heavy (non-hydrogen) atoms. The van der Waals surface area contributed by atoms with Crippen molar-refractivity contribution in [2.45, 2.75) is 0 Å². The fraction of sp³-hybridized carbons (Fsp3) is 0.0667. The van der Waals surface area contributed by atoms with Crippen LogP contribution in [0.15, 0.2) is 30.3 Å². The Bertz CT molecular complexity index is 761. The summed E-state index contributed by atoms with van der Waals surface area (Å²) in [4.78, 5) is 24.9. The molecular formula is C15H10O5. The third kappa shape index (κ3) is 1.50. The second-order valence-electron chi connectivity index (χ2n) is 4.43. The lowest BCUT2D eigenvalue weighted by atomic mass is 9.83. The fourth-order valence-electron chi connectivity index (χ4n) is 2.42. The van der Waals surface area contributed by atoms with Crippen molar-refractivity contribution in [3.63, 3.8) is 0 Å². The third-order valence-corrected chi connectivity index (χ3v) is 3.29. The van der Waals surface area contributed by atoms with Crippen molar-refractivity contribution >= 4 is 11.6 Å². The number of rotatable bonds is 1. The molecule has 0 amide bonds. The summed E-state index contributed by atoms with van der Waals surface area (Å²) in [7, 11) is 1.41. The molecule has 2 aromatic rings. The smallest absolute Gasteiger partial charge is 0.198 e. The number of fused-ring (bicyclic) bond motifs is 2. The molecule has 0 aromatic heterocycles. The zero-order valence-corrected chi connectivity index (χ0v) is 10.5. The van der Waals surface area contributed by atoms with Gasteiger partial charge in [-0.05, 0) is 12.1 Å². The summed E-state index contributed by atoms with van der Waals surface area (Å²) in [6, 6.07) is 6.90. The van der Waals surface area contributed by atoms with Crippen LogP contribution >= 0.6 is 0 Å². The maximum absolute atomic E-state index is 12.5. The predicted octanol–water partition coefficient (Wildman–Crippen LogP) is 1.88. The zero-order chi connectivity index (χ0) is 14.4. The normalized spacial score (nSPS) is 12.8. The van der Waals surface area contributed by atoms with E-state index in [-0.39, 0.29) is 33.8 Å². The van der Waals surface area contributed by atoms with E-state index in [1.807, 2.05) is 0 Å². The molecule has 5 nitrogen and oxygen atoms in total. The SMILES string of the molecule is COc1cccc2c1C(=O)c1cc(O)cc(O)c1C2=O. The van der Waals surface area contributed by atoms with Crippen LogP contribution in [0.25, 0.3) is 0 Å². The van der Waals surface area contributed by atoms with E-state index in [9.17, 15) is 19.8 Å². The average Bonchev–Trinajstić information content (AvgIpc) is 2.43. The Morgan fingerprint density at radius 3 is 2.35 bits per heavy atom. The molecule has 3 rings (SSSR count). The highest BCUT2D eigenvalue weighted by molar-refractivity contribution is 6.30. The van der Waals surface area contributed by atoms with Crippen LogP contribution < -0.4 is 4.74 Å². The first kappa shape index (κ1) is 12.2. The monoisotopic (exact) mass is 270 g/mol. The van der Waals surface area contributed by atoms with E-state index in [2.05, 4.69) is 0 Å². The van der Waals surface area contributed by atoms with Crippen molar-refractivity contribution < 1.29 is 24.5 Å². The first-order chi connectivity index (χ1) is 9.54. The third-order valence-electron chi connectivity index (χ3n) is 3.29. The Kier molecular flexibility index (Phi) is 2.50. The quantitative estimate of drug-likeness (QED) is 0.705. The Labute approximate surface area is 114 Å². The first-order valence-corrected chi connectivity index (χ1v) is 5.87. The Morgan fingerprint density at radius 1 is 0.950 bits per heavy atom. The van der Waals surface area contributed by atoms with Crippen molar-refractivity contribution in [1.82, 2.24) is 0 Å². The highest BCUT2D eigenvalue weighted by Crippen LogP contribution is 2.38. The van der Waals surface area contributed by atoms with E-state index in [1.54, 1.807) is 12.1 Å². The molecule has 0 aliphatic heterocycles. The van der Waals surface area contributed by atoms with Gasteiger partial charge in [0.15, 0.2) is 11.6 Å². The van der Waals surface area contributed by atoms with Gasteiger partial charge in [-0.25, -0.2) is 0 Å². The summed E-state index contributed by atoms with van der Waals surface area (Å²) in [6.07, 6.45) is 0. The lowest BCUT2D eigenvalue weighted by molar-refractivity contribution is 0.0974. The largest absolute Gasteiger partial charge is 0.508 e. The number of aromatic hydroxyl groups is 2. The minimum absolute atomic E-state index is 0.0236. The molecule has 0 atom stereocenters. The molecule has 2 aromatic carbocycles. The van der Waals surface area contributed by atoms with Gasteiger partial charge in [-0.2, -0.15) is 0 Å². The van der Waals surface area contributed by atoms with Crippen LogP contribution in [-0.2, 0) is 0 Å². The van der Waals surface area contributed by atoms with Gasteiger partial charge in [-0.3, -0.25) is 9.59 Å². The second-order valence-corrected chi connectivity index (χ2v) is 4.43. The average molecular weight is 270 g/mol. The maximum Gasteiger partial charge on any atom is 0.198 e. The fourth-order valence-corrected chi connectivity index (χ4v) is 2.42. The minimum Gasteiger partial charge on any atom is -0.508 e. The summed E-state index contributed by atoms with van der Waals surface area (Å²) >= 11 is 0. The van der Waals surface area contributed by atoms with E-state index in [1.165, 1.54) is 19.2 Å². The molecule has 0 bridgehead atoms. The van der Waals surface area contributed by atoms with Gasteiger partial charge in [0.05, 0.1) is 18.2 Å². The number of methoxy groups -OCH3 is 1. The van der Waals surface area contributed by atoms with Crippen molar-refractivity contribution in [2.75, 3.05) is 7.11 Å². The zero-order valence-electron chi connectivity index (χ0n) is 10.5. The van der Waals surface area contributed by atoms with Crippen LogP contribution in [0.2, 0.25) is 0 Å². The standard InChI is InChI=1S/C15H10O5/c1-20-11-4-2-3-8-13(11)15(19)9-5-7(16)6-10(17)12(9)14(8)18/h2-6,16-17H,1H3. The van der Waals surface area contributed by atoms with Crippen LogP contribution in [0.4, 0.5) is 0 Å². The number of carbonyl (C=O) groups excluding carboxylic acids is 2. The molecule has 0 unspecified atom stereocenters. The van der Waals surface area contributed by atoms with Crippen molar-refractivity contribution in [3.05, 3.63) is 52.6 Å². The molecule has 0 saturated carbocycles. The van der Waals surface area contributed by atoms with Gasteiger partial charge in [0, 0.05) is 17.2 Å². The molecule has 5 heteroatoms. The van der Waals surface area contributed by atoms with E-state index >= 15 is 0 Å². The number of ether oxygens (including phenoxy) is 1. The number of hydrogen-bond donors (Lipinski definition) is 2. The number of ketones is 2. The highest BCUT2D eigenvalue weighted by atomic mass is 16.5. The predicted molar refractivity (Wildman–Crippen MR) is 69.6 cm³/mol. The van der Waals surface area contributed by atoms with Gasteiger partial charge < -0.3 is 14.9 Å². The minimum atomic E-state index is -0.467. The number of phenols is 2. The second kappa shape index (κ2) is 4.09. The van der Waals surface area contributed by atoms with Crippen molar-refractivity contribution in [2.24, 2.45) is 0 Å². The molecular weight excluding hydrogens is 260 g/mol. The molecule has 0 saturated heterocycles.